The summed E-state index contributed by atoms with van der Waals surface area (Å²) in [6, 6.07) is 15.3. The van der Waals surface area contributed by atoms with E-state index < -0.39 is 29.4 Å². The number of alkyl carbamates (subject to hydrolysis) is 1. The average molecular weight is 481 g/mol. The lowest BCUT2D eigenvalue weighted by Crippen LogP contribution is -2.56. The number of fused-ring (bicyclic) bond motifs is 3. The highest BCUT2D eigenvalue weighted by Gasteiger charge is 2.38. The largest absolute Gasteiger partial charge is 0.481 e. The van der Waals surface area contributed by atoms with Crippen LogP contribution in [-0.4, -0.2) is 66.9 Å². The molecule has 0 radical (unpaired) electrons. The fraction of sp³-hybridized carbons (Fsp3) is 0.444. The minimum absolute atomic E-state index is 0.0348. The zero-order chi connectivity index (χ0) is 25.2. The monoisotopic (exact) mass is 480 g/mol. The van der Waals surface area contributed by atoms with Gasteiger partial charge in [-0.2, -0.15) is 0 Å². The Morgan fingerprint density at radius 1 is 1.09 bits per heavy atom. The van der Waals surface area contributed by atoms with E-state index in [1.54, 1.807) is 0 Å². The highest BCUT2D eigenvalue weighted by Crippen LogP contribution is 2.44. The van der Waals surface area contributed by atoms with Gasteiger partial charge in [-0.1, -0.05) is 69.3 Å². The molecular weight excluding hydrogens is 448 g/mol. The number of aliphatic carboxylic acids is 1. The standard InChI is InChI=1S/C27H32N2O6/c1-27(2,3)23(24(30)29-12-13-34-15-17(14-29)25(31)32)28-26(33)35-16-22-20-10-6-4-8-18(20)19-9-5-7-11-21(19)22/h4-11,17,22-23H,12-16H2,1-3H3,(H,28,33)(H,31,32). The molecule has 1 saturated heterocycles. The molecule has 2 N–H and O–H groups in total. The molecular formula is C27H32N2O6. The molecule has 2 aromatic rings. The van der Waals surface area contributed by atoms with Gasteiger partial charge in [0.15, 0.2) is 0 Å². The number of nitrogens with zero attached hydrogens (tertiary/aromatic N) is 1. The van der Waals surface area contributed by atoms with Crippen LogP contribution in [0.3, 0.4) is 0 Å². The van der Waals surface area contributed by atoms with E-state index in [1.165, 1.54) is 4.90 Å². The van der Waals surface area contributed by atoms with Crippen LogP contribution in [0.4, 0.5) is 4.79 Å². The molecule has 0 bridgehead atoms. The van der Waals surface area contributed by atoms with Gasteiger partial charge in [0.1, 0.15) is 12.6 Å². The van der Waals surface area contributed by atoms with E-state index in [1.807, 2.05) is 57.2 Å². The minimum atomic E-state index is -1.01. The summed E-state index contributed by atoms with van der Waals surface area (Å²) >= 11 is 0. The second-order valence-electron chi connectivity index (χ2n) is 10.2. The number of benzene rings is 2. The SMILES string of the molecule is CC(C)(C)C(NC(=O)OCC1c2ccccc2-c2ccccc21)C(=O)N1CCOCC(C(=O)O)C1. The van der Waals surface area contributed by atoms with Crippen molar-refractivity contribution >= 4 is 18.0 Å². The molecule has 2 aliphatic rings. The number of hydrogen-bond acceptors (Lipinski definition) is 5. The van der Waals surface area contributed by atoms with Gasteiger partial charge < -0.3 is 24.8 Å². The highest BCUT2D eigenvalue weighted by molar-refractivity contribution is 5.87. The normalized spacial score (nSPS) is 18.7. The summed E-state index contributed by atoms with van der Waals surface area (Å²) in [5, 5.41) is 12.2. The fourth-order valence-corrected chi connectivity index (χ4v) is 4.75. The maximum absolute atomic E-state index is 13.4. The summed E-state index contributed by atoms with van der Waals surface area (Å²) in [5.41, 5.74) is 3.87. The van der Waals surface area contributed by atoms with Crippen molar-refractivity contribution < 1.29 is 29.0 Å². The highest BCUT2D eigenvalue weighted by atomic mass is 16.5. The summed E-state index contributed by atoms with van der Waals surface area (Å²) < 4.78 is 11.0. The fourth-order valence-electron chi connectivity index (χ4n) is 4.75. The van der Waals surface area contributed by atoms with Gasteiger partial charge in [-0.3, -0.25) is 9.59 Å². The van der Waals surface area contributed by atoms with Gasteiger partial charge >= 0.3 is 12.1 Å². The summed E-state index contributed by atoms with van der Waals surface area (Å²) in [7, 11) is 0. The van der Waals surface area contributed by atoms with Gasteiger partial charge in [0.05, 0.1) is 19.1 Å². The molecule has 8 heteroatoms. The third kappa shape index (κ3) is 5.32. The van der Waals surface area contributed by atoms with Gasteiger partial charge in [-0.05, 0) is 27.7 Å². The molecule has 1 aliphatic heterocycles. The minimum Gasteiger partial charge on any atom is -0.481 e. The Morgan fingerprint density at radius 3 is 2.26 bits per heavy atom. The number of carbonyl (C=O) groups excluding carboxylic acids is 2. The lowest BCUT2D eigenvalue weighted by molar-refractivity contribution is -0.144. The van der Waals surface area contributed by atoms with E-state index in [-0.39, 0.29) is 44.7 Å². The Balaban J connectivity index is 1.45. The first-order valence-corrected chi connectivity index (χ1v) is 11.9. The number of carboxylic acid groups (broad SMARTS) is 1. The predicted octanol–water partition coefficient (Wildman–Crippen LogP) is 3.50. The molecule has 1 heterocycles. The van der Waals surface area contributed by atoms with Crippen LogP contribution >= 0.6 is 0 Å². The second kappa shape index (κ2) is 10.1. The third-order valence-corrected chi connectivity index (χ3v) is 6.65. The van der Waals surface area contributed by atoms with E-state index in [2.05, 4.69) is 17.4 Å². The average Bonchev–Trinajstić information content (AvgIpc) is 2.96. The van der Waals surface area contributed by atoms with Gasteiger partial charge in [-0.15, -0.1) is 0 Å². The van der Waals surface area contributed by atoms with E-state index >= 15 is 0 Å². The molecule has 1 aliphatic carbocycles. The van der Waals surface area contributed by atoms with Crippen LogP contribution in [0, 0.1) is 11.3 Å². The molecule has 8 nitrogen and oxygen atoms in total. The summed E-state index contributed by atoms with van der Waals surface area (Å²) in [5.74, 6) is -2.25. The predicted molar refractivity (Wildman–Crippen MR) is 130 cm³/mol. The first kappa shape index (κ1) is 24.7. The number of carbonyl (C=O) groups is 3. The van der Waals surface area contributed by atoms with Gasteiger partial charge in [-0.25, -0.2) is 4.79 Å². The van der Waals surface area contributed by atoms with Crippen molar-refractivity contribution in [2.75, 3.05) is 32.9 Å². The number of rotatable bonds is 5. The van der Waals surface area contributed by atoms with Crippen LogP contribution in [-0.2, 0) is 19.1 Å². The smallest absolute Gasteiger partial charge is 0.407 e. The molecule has 35 heavy (non-hydrogen) atoms. The Morgan fingerprint density at radius 2 is 1.69 bits per heavy atom. The van der Waals surface area contributed by atoms with Crippen molar-refractivity contribution in [3.05, 3.63) is 59.7 Å². The van der Waals surface area contributed by atoms with Crippen molar-refractivity contribution in [2.45, 2.75) is 32.7 Å². The zero-order valence-corrected chi connectivity index (χ0v) is 20.3. The molecule has 2 aromatic carbocycles. The van der Waals surface area contributed by atoms with Crippen LogP contribution < -0.4 is 5.32 Å². The van der Waals surface area contributed by atoms with Crippen molar-refractivity contribution in [1.29, 1.82) is 0 Å². The van der Waals surface area contributed by atoms with Crippen molar-refractivity contribution in [2.24, 2.45) is 11.3 Å². The lowest BCUT2D eigenvalue weighted by Gasteiger charge is -2.34. The quantitative estimate of drug-likeness (QED) is 0.679. The van der Waals surface area contributed by atoms with Crippen LogP contribution in [0.2, 0.25) is 0 Å². The zero-order valence-electron chi connectivity index (χ0n) is 20.3. The summed E-state index contributed by atoms with van der Waals surface area (Å²) in [6.45, 7) is 6.29. The maximum atomic E-state index is 13.4. The Labute approximate surface area is 205 Å². The van der Waals surface area contributed by atoms with Crippen LogP contribution in [0.1, 0.15) is 37.8 Å². The van der Waals surface area contributed by atoms with E-state index in [0.29, 0.717) is 0 Å². The number of hydrogen-bond donors (Lipinski definition) is 2. The molecule has 1 fully saturated rings. The maximum Gasteiger partial charge on any atom is 0.407 e. The summed E-state index contributed by atoms with van der Waals surface area (Å²) in [6.07, 6.45) is -0.680. The molecule has 0 saturated carbocycles. The van der Waals surface area contributed by atoms with Crippen molar-refractivity contribution in [3.8, 4) is 11.1 Å². The summed E-state index contributed by atoms with van der Waals surface area (Å²) in [4.78, 5) is 39.2. The van der Waals surface area contributed by atoms with E-state index in [0.717, 1.165) is 22.3 Å². The molecule has 186 valence electrons. The van der Waals surface area contributed by atoms with Crippen molar-refractivity contribution in [1.82, 2.24) is 10.2 Å². The van der Waals surface area contributed by atoms with Gasteiger partial charge in [0, 0.05) is 19.0 Å². The van der Waals surface area contributed by atoms with E-state index in [4.69, 9.17) is 9.47 Å². The number of amides is 2. The number of ether oxygens (including phenoxy) is 2. The number of carboxylic acids is 1. The number of nitrogens with one attached hydrogen (secondary N) is 1. The second-order valence-corrected chi connectivity index (χ2v) is 10.2. The Kier molecular flexibility index (Phi) is 7.12. The lowest BCUT2D eigenvalue weighted by atomic mass is 9.85. The van der Waals surface area contributed by atoms with E-state index in [9.17, 15) is 19.5 Å². The molecule has 2 unspecified atom stereocenters. The Bertz CT molecular complexity index is 1060. The Hall–Kier alpha value is -3.39. The molecule has 2 atom stereocenters. The molecule has 0 spiro atoms. The molecule has 4 rings (SSSR count). The first-order chi connectivity index (χ1) is 16.7. The van der Waals surface area contributed by atoms with Gasteiger partial charge in [0.2, 0.25) is 5.91 Å². The molecule has 0 aromatic heterocycles. The van der Waals surface area contributed by atoms with Crippen LogP contribution in [0.25, 0.3) is 11.1 Å². The first-order valence-electron chi connectivity index (χ1n) is 11.9. The van der Waals surface area contributed by atoms with Crippen LogP contribution in [0.5, 0.6) is 0 Å². The van der Waals surface area contributed by atoms with Crippen molar-refractivity contribution in [3.63, 3.8) is 0 Å². The van der Waals surface area contributed by atoms with Crippen LogP contribution in [0.15, 0.2) is 48.5 Å². The topological polar surface area (TPSA) is 105 Å². The molecule has 2 amide bonds. The van der Waals surface area contributed by atoms with Gasteiger partial charge in [0.25, 0.3) is 0 Å². The third-order valence-electron chi connectivity index (χ3n) is 6.65.